The van der Waals surface area contributed by atoms with E-state index < -0.39 is 0 Å². The Kier molecular flexibility index (Phi) is 4.18. The highest BCUT2D eigenvalue weighted by Crippen LogP contribution is 2.19. The van der Waals surface area contributed by atoms with Crippen molar-refractivity contribution in [3.8, 4) is 5.75 Å². The van der Waals surface area contributed by atoms with Crippen LogP contribution in [0.25, 0.3) is 0 Å². The molecule has 0 bridgehead atoms. The van der Waals surface area contributed by atoms with Crippen LogP contribution in [0.15, 0.2) is 48.5 Å². The van der Waals surface area contributed by atoms with Crippen LogP contribution < -0.4 is 10.1 Å². The lowest BCUT2D eigenvalue weighted by Gasteiger charge is -2.10. The molecule has 0 aromatic heterocycles. The van der Waals surface area contributed by atoms with Crippen LogP contribution in [-0.4, -0.2) is 13.2 Å². The first-order valence-corrected chi connectivity index (χ1v) is 5.94. The van der Waals surface area contributed by atoms with Gasteiger partial charge in [-0.25, -0.2) is 4.39 Å². The van der Waals surface area contributed by atoms with Crippen molar-refractivity contribution in [3.63, 3.8) is 0 Å². The fourth-order valence-corrected chi connectivity index (χ4v) is 1.64. The van der Waals surface area contributed by atoms with E-state index in [1.165, 1.54) is 0 Å². The minimum atomic E-state index is -0.280. The van der Waals surface area contributed by atoms with E-state index in [2.05, 4.69) is 5.32 Å². The summed E-state index contributed by atoms with van der Waals surface area (Å²) in [4.78, 5) is 0. The molecular formula is C15H16FNO. The van der Waals surface area contributed by atoms with Gasteiger partial charge in [0.25, 0.3) is 0 Å². The lowest BCUT2D eigenvalue weighted by molar-refractivity contribution is 0.314. The summed E-state index contributed by atoms with van der Waals surface area (Å²) in [6, 6.07) is 15.0. The van der Waals surface area contributed by atoms with Crippen LogP contribution in [0.3, 0.4) is 0 Å². The van der Waals surface area contributed by atoms with Crippen molar-refractivity contribution in [1.29, 1.82) is 0 Å². The molecule has 2 aromatic rings. The molecule has 0 saturated carbocycles. The third kappa shape index (κ3) is 3.23. The van der Waals surface area contributed by atoms with Crippen molar-refractivity contribution in [3.05, 3.63) is 59.9 Å². The first-order chi connectivity index (χ1) is 8.77. The molecular weight excluding hydrogens is 229 g/mol. The number of anilines is 1. The van der Waals surface area contributed by atoms with E-state index in [1.54, 1.807) is 25.1 Å². The van der Waals surface area contributed by atoms with E-state index in [9.17, 15) is 4.39 Å². The van der Waals surface area contributed by atoms with Crippen molar-refractivity contribution >= 4 is 5.69 Å². The predicted molar refractivity (Wildman–Crippen MR) is 71.6 cm³/mol. The van der Waals surface area contributed by atoms with E-state index in [1.807, 2.05) is 30.3 Å². The van der Waals surface area contributed by atoms with Gasteiger partial charge < -0.3 is 10.1 Å². The van der Waals surface area contributed by atoms with Gasteiger partial charge in [0, 0.05) is 12.2 Å². The maximum Gasteiger partial charge on any atom is 0.167 e. The first kappa shape index (κ1) is 12.4. The molecule has 0 aliphatic heterocycles. The Balaban J connectivity index is 1.81. The van der Waals surface area contributed by atoms with Crippen LogP contribution in [0.4, 0.5) is 10.1 Å². The molecule has 0 aliphatic rings. The Morgan fingerprint density at radius 3 is 2.61 bits per heavy atom. The zero-order chi connectivity index (χ0) is 12.8. The molecule has 2 aromatic carbocycles. The van der Waals surface area contributed by atoms with Gasteiger partial charge in [0.05, 0.1) is 0 Å². The van der Waals surface area contributed by atoms with Crippen LogP contribution in [0.2, 0.25) is 0 Å². The third-order valence-electron chi connectivity index (χ3n) is 2.62. The lowest BCUT2D eigenvalue weighted by Crippen LogP contribution is -2.12. The summed E-state index contributed by atoms with van der Waals surface area (Å²) in [5.74, 6) is 0.0297. The molecule has 0 radical (unpaired) electrons. The summed E-state index contributed by atoms with van der Waals surface area (Å²) in [5, 5.41) is 3.20. The molecule has 0 saturated heterocycles. The van der Waals surface area contributed by atoms with Crippen LogP contribution in [0, 0.1) is 12.7 Å². The Morgan fingerprint density at radius 1 is 1.06 bits per heavy atom. The second-order valence-electron chi connectivity index (χ2n) is 4.03. The summed E-state index contributed by atoms with van der Waals surface area (Å²) in [7, 11) is 0. The zero-order valence-electron chi connectivity index (χ0n) is 10.3. The normalized spacial score (nSPS) is 10.1. The number of ether oxygens (including phenoxy) is 1. The number of hydrogen-bond donors (Lipinski definition) is 1. The quantitative estimate of drug-likeness (QED) is 0.812. The first-order valence-electron chi connectivity index (χ1n) is 5.94. The monoisotopic (exact) mass is 245 g/mol. The van der Waals surface area contributed by atoms with Gasteiger partial charge in [-0.2, -0.15) is 0 Å². The molecule has 0 fully saturated rings. The van der Waals surface area contributed by atoms with E-state index in [0.717, 1.165) is 5.69 Å². The molecule has 0 spiro atoms. The van der Waals surface area contributed by atoms with Crippen LogP contribution in [0.5, 0.6) is 5.75 Å². The van der Waals surface area contributed by atoms with Crippen LogP contribution >= 0.6 is 0 Å². The Hall–Kier alpha value is -2.03. The van der Waals surface area contributed by atoms with E-state index in [-0.39, 0.29) is 5.82 Å². The van der Waals surface area contributed by atoms with Crippen LogP contribution in [0.1, 0.15) is 5.56 Å². The largest absolute Gasteiger partial charge is 0.489 e. The van der Waals surface area contributed by atoms with Gasteiger partial charge in [-0.05, 0) is 30.7 Å². The lowest BCUT2D eigenvalue weighted by atomic mass is 10.2. The van der Waals surface area contributed by atoms with Gasteiger partial charge in [-0.15, -0.1) is 0 Å². The smallest absolute Gasteiger partial charge is 0.167 e. The standard InChI is InChI=1S/C15H16FNO/c1-12-6-5-9-14(15(12)16)18-11-10-17-13-7-3-2-4-8-13/h2-9,17H,10-11H2,1H3. The van der Waals surface area contributed by atoms with Crippen LogP contribution in [-0.2, 0) is 0 Å². The maximum atomic E-state index is 13.6. The summed E-state index contributed by atoms with van der Waals surface area (Å²) in [5.41, 5.74) is 1.63. The van der Waals surface area contributed by atoms with E-state index in [0.29, 0.717) is 24.5 Å². The summed E-state index contributed by atoms with van der Waals surface area (Å²) < 4.78 is 19.0. The molecule has 18 heavy (non-hydrogen) atoms. The SMILES string of the molecule is Cc1cccc(OCCNc2ccccc2)c1F. The minimum Gasteiger partial charge on any atom is -0.489 e. The molecule has 2 rings (SSSR count). The second-order valence-corrected chi connectivity index (χ2v) is 4.03. The van der Waals surface area contributed by atoms with Crippen molar-refractivity contribution < 1.29 is 9.13 Å². The van der Waals surface area contributed by atoms with Gasteiger partial charge in [0.15, 0.2) is 11.6 Å². The predicted octanol–water partition coefficient (Wildman–Crippen LogP) is 3.63. The van der Waals surface area contributed by atoms with Crippen molar-refractivity contribution in [1.82, 2.24) is 0 Å². The van der Waals surface area contributed by atoms with Crippen molar-refractivity contribution in [2.75, 3.05) is 18.5 Å². The summed E-state index contributed by atoms with van der Waals surface area (Å²) in [6.45, 7) is 2.79. The van der Waals surface area contributed by atoms with Gasteiger partial charge in [0.1, 0.15) is 6.61 Å². The molecule has 3 heteroatoms. The number of benzene rings is 2. The fraction of sp³-hybridized carbons (Fsp3) is 0.200. The number of para-hydroxylation sites is 1. The molecule has 0 atom stereocenters. The van der Waals surface area contributed by atoms with E-state index >= 15 is 0 Å². The Labute approximate surface area is 106 Å². The maximum absolute atomic E-state index is 13.6. The third-order valence-corrected chi connectivity index (χ3v) is 2.62. The molecule has 0 aliphatic carbocycles. The molecule has 94 valence electrons. The Morgan fingerprint density at radius 2 is 1.83 bits per heavy atom. The second kappa shape index (κ2) is 6.05. The minimum absolute atomic E-state index is 0.280. The molecule has 0 heterocycles. The highest BCUT2D eigenvalue weighted by molar-refractivity contribution is 5.42. The van der Waals surface area contributed by atoms with Gasteiger partial charge in [-0.3, -0.25) is 0 Å². The summed E-state index contributed by atoms with van der Waals surface area (Å²) in [6.07, 6.45) is 0. The Bertz CT molecular complexity index is 499. The molecule has 1 N–H and O–H groups in total. The highest BCUT2D eigenvalue weighted by Gasteiger charge is 2.04. The number of nitrogens with one attached hydrogen (secondary N) is 1. The van der Waals surface area contributed by atoms with Crippen molar-refractivity contribution in [2.45, 2.75) is 6.92 Å². The molecule has 2 nitrogen and oxygen atoms in total. The number of rotatable bonds is 5. The molecule has 0 amide bonds. The zero-order valence-corrected chi connectivity index (χ0v) is 10.3. The summed E-state index contributed by atoms with van der Waals surface area (Å²) >= 11 is 0. The van der Waals surface area contributed by atoms with Crippen molar-refractivity contribution in [2.24, 2.45) is 0 Å². The number of hydrogen-bond acceptors (Lipinski definition) is 2. The topological polar surface area (TPSA) is 21.3 Å². The average Bonchev–Trinajstić information content (AvgIpc) is 2.40. The van der Waals surface area contributed by atoms with Gasteiger partial charge >= 0.3 is 0 Å². The highest BCUT2D eigenvalue weighted by atomic mass is 19.1. The van der Waals surface area contributed by atoms with Gasteiger partial charge in [-0.1, -0.05) is 30.3 Å². The molecule has 0 unspecified atom stereocenters. The number of halogens is 1. The number of aryl methyl sites for hydroxylation is 1. The fourth-order valence-electron chi connectivity index (χ4n) is 1.64. The van der Waals surface area contributed by atoms with E-state index in [4.69, 9.17) is 4.74 Å². The average molecular weight is 245 g/mol. The van der Waals surface area contributed by atoms with Gasteiger partial charge in [0.2, 0.25) is 0 Å².